The molecule has 2 rings (SSSR count). The fourth-order valence-electron chi connectivity index (χ4n) is 2.20. The Morgan fingerprint density at radius 2 is 1.94 bits per heavy atom. The summed E-state index contributed by atoms with van der Waals surface area (Å²) in [4.78, 5) is 0. The summed E-state index contributed by atoms with van der Waals surface area (Å²) in [5.74, 6) is 0. The van der Waals surface area contributed by atoms with Crippen molar-refractivity contribution >= 4 is 9.84 Å². The largest absolute Gasteiger partial charge is 0.380 e. The van der Waals surface area contributed by atoms with Crippen LogP contribution in [0.3, 0.4) is 0 Å². The fourth-order valence-corrected chi connectivity index (χ4v) is 4.60. The summed E-state index contributed by atoms with van der Waals surface area (Å²) < 4.78 is 34.4. The van der Waals surface area contributed by atoms with Crippen molar-refractivity contribution in [1.82, 2.24) is 0 Å². The van der Waals surface area contributed by atoms with Crippen molar-refractivity contribution in [1.29, 1.82) is 0 Å². The lowest BCUT2D eigenvalue weighted by molar-refractivity contribution is -0.00620. The second-order valence-electron chi connectivity index (χ2n) is 5.54. The van der Waals surface area contributed by atoms with Gasteiger partial charge in [0.2, 0.25) is 0 Å². The zero-order valence-electron chi connectivity index (χ0n) is 10.7. The zero-order valence-corrected chi connectivity index (χ0v) is 11.5. The van der Waals surface area contributed by atoms with E-state index in [9.17, 15) is 8.42 Å². The molecular formula is C12H22O4S. The number of hydrogen-bond acceptors (Lipinski definition) is 4. The predicted octanol–water partition coefficient (Wildman–Crippen LogP) is 1.54. The molecule has 0 spiro atoms. The van der Waals surface area contributed by atoms with E-state index < -0.39 is 19.3 Å². The summed E-state index contributed by atoms with van der Waals surface area (Å²) in [6, 6.07) is 0. The van der Waals surface area contributed by atoms with E-state index in [1.54, 1.807) is 6.92 Å². The number of rotatable bonds is 7. The Morgan fingerprint density at radius 1 is 1.29 bits per heavy atom. The van der Waals surface area contributed by atoms with E-state index in [1.807, 2.05) is 0 Å². The lowest BCUT2D eigenvalue weighted by Gasteiger charge is -2.40. The molecule has 1 heterocycles. The van der Waals surface area contributed by atoms with Gasteiger partial charge in [-0.1, -0.05) is 13.3 Å². The smallest absolute Gasteiger partial charge is 0.168 e. The van der Waals surface area contributed by atoms with Crippen molar-refractivity contribution in [3.63, 3.8) is 0 Å². The lowest BCUT2D eigenvalue weighted by atomic mass is 10.1. The van der Waals surface area contributed by atoms with Gasteiger partial charge in [0.25, 0.3) is 0 Å². The molecule has 1 aliphatic carbocycles. The molecule has 0 aromatic heterocycles. The molecule has 2 fully saturated rings. The van der Waals surface area contributed by atoms with Crippen LogP contribution in [0.1, 0.15) is 39.5 Å². The van der Waals surface area contributed by atoms with Gasteiger partial charge in [0.1, 0.15) is 4.75 Å². The van der Waals surface area contributed by atoms with E-state index in [0.29, 0.717) is 26.4 Å². The highest BCUT2D eigenvalue weighted by molar-refractivity contribution is 7.94. The van der Waals surface area contributed by atoms with E-state index in [4.69, 9.17) is 9.47 Å². The Morgan fingerprint density at radius 3 is 2.35 bits per heavy atom. The molecule has 0 atom stereocenters. The van der Waals surface area contributed by atoms with Gasteiger partial charge in [-0.15, -0.1) is 0 Å². The third-order valence-corrected chi connectivity index (χ3v) is 7.05. The molecule has 1 saturated carbocycles. The van der Waals surface area contributed by atoms with Crippen LogP contribution in [-0.4, -0.2) is 44.3 Å². The number of hydrogen-bond donors (Lipinski definition) is 0. The first kappa shape index (κ1) is 13.3. The molecule has 0 N–H and O–H groups in total. The van der Waals surface area contributed by atoms with Gasteiger partial charge in [0.15, 0.2) is 9.84 Å². The summed E-state index contributed by atoms with van der Waals surface area (Å²) in [6.07, 6.45) is 3.57. The first-order valence-corrected chi connectivity index (χ1v) is 7.85. The van der Waals surface area contributed by atoms with E-state index in [2.05, 4.69) is 6.92 Å². The minimum atomic E-state index is -3.13. The van der Waals surface area contributed by atoms with Crippen molar-refractivity contribution in [3.05, 3.63) is 0 Å². The molecule has 17 heavy (non-hydrogen) atoms. The van der Waals surface area contributed by atoms with Crippen LogP contribution in [0.5, 0.6) is 0 Å². The first-order chi connectivity index (χ1) is 7.97. The van der Waals surface area contributed by atoms with E-state index in [-0.39, 0.29) is 0 Å². The number of sulfone groups is 1. The molecule has 0 radical (unpaired) electrons. The van der Waals surface area contributed by atoms with E-state index >= 15 is 0 Å². The summed E-state index contributed by atoms with van der Waals surface area (Å²) in [7, 11) is -3.13. The third-order valence-electron chi connectivity index (χ3n) is 3.85. The maximum atomic E-state index is 12.5. The summed E-state index contributed by atoms with van der Waals surface area (Å²) >= 11 is 0. The van der Waals surface area contributed by atoms with Gasteiger partial charge in [-0.3, -0.25) is 0 Å². The van der Waals surface area contributed by atoms with Crippen LogP contribution in [0.15, 0.2) is 0 Å². The van der Waals surface area contributed by atoms with Gasteiger partial charge >= 0.3 is 0 Å². The normalized spacial score (nSPS) is 25.3. The van der Waals surface area contributed by atoms with E-state index in [1.165, 1.54) is 0 Å². The quantitative estimate of drug-likeness (QED) is 0.653. The Labute approximate surface area is 104 Å². The Balaban J connectivity index is 1.96. The topological polar surface area (TPSA) is 52.6 Å². The molecule has 4 nitrogen and oxygen atoms in total. The molecule has 5 heteroatoms. The molecule has 100 valence electrons. The average Bonchev–Trinajstić information content (AvgIpc) is 3.02. The van der Waals surface area contributed by atoms with Crippen molar-refractivity contribution in [3.8, 4) is 0 Å². The number of unbranched alkanes of at least 4 members (excludes halogenated alkanes) is 1. The highest BCUT2D eigenvalue weighted by Crippen LogP contribution is 2.50. The van der Waals surface area contributed by atoms with Gasteiger partial charge in [0.05, 0.1) is 24.6 Å². The molecule has 0 unspecified atom stereocenters. The lowest BCUT2D eigenvalue weighted by Crippen LogP contribution is -2.58. The van der Waals surface area contributed by atoms with Crippen LogP contribution in [-0.2, 0) is 19.3 Å². The zero-order chi connectivity index (χ0) is 12.6. The SMILES string of the molecule is CCCCOCC1(S(=O)(=O)C2(C)COC2)CC1. The van der Waals surface area contributed by atoms with Crippen LogP contribution >= 0.6 is 0 Å². The Bertz CT molecular complexity index is 366. The van der Waals surface area contributed by atoms with Crippen molar-refractivity contribution in [2.45, 2.75) is 49.0 Å². The van der Waals surface area contributed by atoms with Crippen molar-refractivity contribution < 1.29 is 17.9 Å². The minimum Gasteiger partial charge on any atom is -0.380 e. The Kier molecular flexibility index (Phi) is 3.54. The Hall–Kier alpha value is -0.130. The van der Waals surface area contributed by atoms with Gasteiger partial charge in [-0.05, 0) is 26.2 Å². The van der Waals surface area contributed by atoms with Gasteiger partial charge < -0.3 is 9.47 Å². The summed E-state index contributed by atoms with van der Waals surface area (Å²) in [6.45, 7) is 5.60. The monoisotopic (exact) mass is 262 g/mol. The van der Waals surface area contributed by atoms with Gasteiger partial charge in [0, 0.05) is 6.61 Å². The molecule has 1 saturated heterocycles. The molecule has 0 amide bonds. The maximum Gasteiger partial charge on any atom is 0.168 e. The highest BCUT2D eigenvalue weighted by Gasteiger charge is 2.63. The van der Waals surface area contributed by atoms with Crippen molar-refractivity contribution in [2.24, 2.45) is 0 Å². The number of ether oxygens (including phenoxy) is 2. The molecule has 0 aromatic carbocycles. The fraction of sp³-hybridized carbons (Fsp3) is 1.00. The van der Waals surface area contributed by atoms with Gasteiger partial charge in [-0.2, -0.15) is 0 Å². The van der Waals surface area contributed by atoms with Crippen LogP contribution in [0.25, 0.3) is 0 Å². The summed E-state index contributed by atoms with van der Waals surface area (Å²) in [5, 5.41) is 0. The van der Waals surface area contributed by atoms with Crippen LogP contribution < -0.4 is 0 Å². The molecule has 1 aliphatic heterocycles. The van der Waals surface area contributed by atoms with Crippen LogP contribution in [0.4, 0.5) is 0 Å². The second kappa shape index (κ2) is 4.52. The minimum absolute atomic E-state index is 0.339. The highest BCUT2D eigenvalue weighted by atomic mass is 32.2. The van der Waals surface area contributed by atoms with Crippen molar-refractivity contribution in [2.75, 3.05) is 26.4 Å². The van der Waals surface area contributed by atoms with Gasteiger partial charge in [-0.25, -0.2) is 8.42 Å². The third kappa shape index (κ3) is 2.13. The molecular weight excluding hydrogens is 240 g/mol. The van der Waals surface area contributed by atoms with E-state index in [0.717, 1.165) is 25.7 Å². The molecule has 2 aliphatic rings. The maximum absolute atomic E-state index is 12.5. The molecule has 0 bridgehead atoms. The molecule has 0 aromatic rings. The summed E-state index contributed by atoms with van der Waals surface area (Å²) in [5.41, 5.74) is 0. The standard InChI is InChI=1S/C12H22O4S/c1-3-4-7-15-10-12(5-6-12)17(13,14)11(2)8-16-9-11/h3-10H2,1-2H3. The van der Waals surface area contributed by atoms with Crippen LogP contribution in [0.2, 0.25) is 0 Å². The predicted molar refractivity (Wildman–Crippen MR) is 65.8 cm³/mol. The first-order valence-electron chi connectivity index (χ1n) is 6.37. The second-order valence-corrected chi connectivity index (χ2v) is 8.39. The van der Waals surface area contributed by atoms with Crippen LogP contribution in [0, 0.1) is 0 Å². The average molecular weight is 262 g/mol.